The molecule has 0 bridgehead atoms. The van der Waals surface area contributed by atoms with Gasteiger partial charge in [0.2, 0.25) is 11.8 Å². The number of benzene rings is 2. The van der Waals surface area contributed by atoms with Gasteiger partial charge in [-0.3, -0.25) is 19.0 Å². The first-order chi connectivity index (χ1) is 15.9. The van der Waals surface area contributed by atoms with E-state index in [1.54, 1.807) is 4.90 Å². The van der Waals surface area contributed by atoms with Crippen molar-refractivity contribution >= 4 is 33.4 Å². The molecule has 8 heteroatoms. The van der Waals surface area contributed by atoms with Gasteiger partial charge in [-0.2, -0.15) is 0 Å². The molecule has 168 valence electrons. The SMILES string of the molecule is Cc1ccc(-c2csc3ncn(CC(=O)N(CCC(N)=O)Cc4ccccc4)c(=O)c23)cc1. The summed E-state index contributed by atoms with van der Waals surface area (Å²) in [6.45, 7) is 2.34. The molecule has 0 aliphatic carbocycles. The van der Waals surface area contributed by atoms with Gasteiger partial charge >= 0.3 is 0 Å². The number of hydrogen-bond acceptors (Lipinski definition) is 5. The van der Waals surface area contributed by atoms with Crippen molar-refractivity contribution in [3.8, 4) is 11.1 Å². The number of aryl methyl sites for hydroxylation is 1. The van der Waals surface area contributed by atoms with E-state index in [4.69, 9.17) is 5.73 Å². The van der Waals surface area contributed by atoms with E-state index in [2.05, 4.69) is 4.98 Å². The van der Waals surface area contributed by atoms with Crippen molar-refractivity contribution in [3.05, 3.63) is 87.8 Å². The van der Waals surface area contributed by atoms with Crippen molar-refractivity contribution in [2.75, 3.05) is 6.54 Å². The Hall–Kier alpha value is -3.78. The molecule has 0 saturated heterocycles. The van der Waals surface area contributed by atoms with Gasteiger partial charge in [-0.05, 0) is 18.1 Å². The van der Waals surface area contributed by atoms with Gasteiger partial charge in [0.1, 0.15) is 11.4 Å². The zero-order valence-corrected chi connectivity index (χ0v) is 19.0. The predicted molar refractivity (Wildman–Crippen MR) is 130 cm³/mol. The molecule has 4 rings (SSSR count). The van der Waals surface area contributed by atoms with Gasteiger partial charge in [0.25, 0.3) is 5.56 Å². The number of nitrogens with zero attached hydrogens (tertiary/aromatic N) is 3. The highest BCUT2D eigenvalue weighted by Crippen LogP contribution is 2.30. The van der Waals surface area contributed by atoms with Gasteiger partial charge in [-0.1, -0.05) is 60.2 Å². The predicted octanol–water partition coefficient (Wildman–Crippen LogP) is 3.34. The maximum atomic E-state index is 13.3. The first-order valence-electron chi connectivity index (χ1n) is 10.6. The van der Waals surface area contributed by atoms with E-state index in [-0.39, 0.29) is 31.0 Å². The molecule has 2 aromatic carbocycles. The van der Waals surface area contributed by atoms with E-state index in [0.29, 0.717) is 16.8 Å². The molecule has 2 amide bonds. The minimum Gasteiger partial charge on any atom is -0.370 e. The van der Waals surface area contributed by atoms with E-state index in [9.17, 15) is 14.4 Å². The minimum absolute atomic E-state index is 0.0485. The molecule has 0 fully saturated rings. The quantitative estimate of drug-likeness (QED) is 0.436. The Labute approximate surface area is 195 Å². The molecule has 7 nitrogen and oxygen atoms in total. The van der Waals surface area contributed by atoms with Crippen molar-refractivity contribution in [2.24, 2.45) is 5.73 Å². The average molecular weight is 461 g/mol. The van der Waals surface area contributed by atoms with E-state index in [0.717, 1.165) is 22.3 Å². The fourth-order valence-electron chi connectivity index (χ4n) is 3.61. The summed E-state index contributed by atoms with van der Waals surface area (Å²) in [5, 5.41) is 2.43. The normalized spacial score (nSPS) is 10.9. The van der Waals surface area contributed by atoms with E-state index in [1.807, 2.05) is 66.9 Å². The molecule has 2 aromatic heterocycles. The standard InChI is InChI=1S/C25H24N4O3S/c1-17-7-9-19(10-8-17)20-15-33-24-23(20)25(32)29(16-27-24)14-22(31)28(12-11-21(26)30)13-18-5-3-2-4-6-18/h2-10,15-16H,11-14H2,1H3,(H2,26,30). The molecule has 0 aliphatic rings. The fourth-order valence-corrected chi connectivity index (χ4v) is 4.52. The fraction of sp³-hybridized carbons (Fsp3) is 0.200. The summed E-state index contributed by atoms with van der Waals surface area (Å²) >= 11 is 1.40. The summed E-state index contributed by atoms with van der Waals surface area (Å²) in [4.78, 5) is 44.4. The Bertz CT molecular complexity index is 1340. The minimum atomic E-state index is -0.484. The Kier molecular flexibility index (Phi) is 6.65. The lowest BCUT2D eigenvalue weighted by Crippen LogP contribution is -2.38. The van der Waals surface area contributed by atoms with Crippen molar-refractivity contribution in [1.82, 2.24) is 14.5 Å². The Balaban J connectivity index is 1.63. The number of thiophene rings is 1. The highest BCUT2D eigenvalue weighted by Gasteiger charge is 2.19. The second-order valence-corrected chi connectivity index (χ2v) is 8.75. The van der Waals surface area contributed by atoms with Crippen LogP contribution in [-0.2, 0) is 22.7 Å². The van der Waals surface area contributed by atoms with Crippen LogP contribution in [0.3, 0.4) is 0 Å². The summed E-state index contributed by atoms with van der Waals surface area (Å²) in [6, 6.07) is 17.4. The van der Waals surface area contributed by atoms with E-state index >= 15 is 0 Å². The molecular formula is C25H24N4O3S. The second-order valence-electron chi connectivity index (χ2n) is 7.89. The van der Waals surface area contributed by atoms with Crippen LogP contribution < -0.4 is 11.3 Å². The number of carbonyl (C=O) groups is 2. The van der Waals surface area contributed by atoms with Gasteiger partial charge < -0.3 is 10.6 Å². The third-order valence-corrected chi connectivity index (χ3v) is 6.31. The molecule has 0 spiro atoms. The summed E-state index contributed by atoms with van der Waals surface area (Å²) in [5.74, 6) is -0.766. The van der Waals surface area contributed by atoms with Gasteiger partial charge in [0.15, 0.2) is 0 Å². The number of aromatic nitrogens is 2. The Morgan fingerprint density at radius 3 is 2.52 bits per heavy atom. The summed E-state index contributed by atoms with van der Waals surface area (Å²) in [5.41, 5.74) is 8.84. The summed E-state index contributed by atoms with van der Waals surface area (Å²) < 4.78 is 1.33. The molecule has 0 aliphatic heterocycles. The first kappa shape index (κ1) is 22.4. The monoisotopic (exact) mass is 460 g/mol. The Morgan fingerprint density at radius 1 is 1.09 bits per heavy atom. The number of rotatable bonds is 8. The van der Waals surface area contributed by atoms with Crippen LogP contribution in [0.5, 0.6) is 0 Å². The largest absolute Gasteiger partial charge is 0.370 e. The number of hydrogen-bond donors (Lipinski definition) is 1. The highest BCUT2D eigenvalue weighted by atomic mass is 32.1. The molecule has 0 radical (unpaired) electrons. The zero-order valence-electron chi connectivity index (χ0n) is 18.2. The van der Waals surface area contributed by atoms with Crippen LogP contribution in [-0.4, -0.2) is 32.8 Å². The maximum absolute atomic E-state index is 13.3. The molecule has 33 heavy (non-hydrogen) atoms. The maximum Gasteiger partial charge on any atom is 0.263 e. The molecule has 0 saturated carbocycles. The zero-order chi connectivity index (χ0) is 23.4. The van der Waals surface area contributed by atoms with Crippen molar-refractivity contribution in [1.29, 1.82) is 0 Å². The smallest absolute Gasteiger partial charge is 0.263 e. The van der Waals surface area contributed by atoms with Gasteiger partial charge in [-0.25, -0.2) is 4.98 Å². The van der Waals surface area contributed by atoms with Gasteiger partial charge in [-0.15, -0.1) is 11.3 Å². The van der Waals surface area contributed by atoms with Crippen molar-refractivity contribution in [3.63, 3.8) is 0 Å². The van der Waals surface area contributed by atoms with Crippen LogP contribution in [0.2, 0.25) is 0 Å². The van der Waals surface area contributed by atoms with Gasteiger partial charge in [0.05, 0.1) is 11.7 Å². The highest BCUT2D eigenvalue weighted by molar-refractivity contribution is 7.17. The van der Waals surface area contributed by atoms with Gasteiger partial charge in [0, 0.05) is 30.5 Å². The van der Waals surface area contributed by atoms with Crippen LogP contribution >= 0.6 is 11.3 Å². The lowest BCUT2D eigenvalue weighted by Gasteiger charge is -2.23. The number of carbonyl (C=O) groups excluding carboxylic acids is 2. The second kappa shape index (κ2) is 9.79. The summed E-state index contributed by atoms with van der Waals surface area (Å²) in [6.07, 6.45) is 1.46. The number of primary amides is 1. The summed E-state index contributed by atoms with van der Waals surface area (Å²) in [7, 11) is 0. The van der Waals surface area contributed by atoms with Crippen molar-refractivity contribution in [2.45, 2.75) is 26.4 Å². The topological polar surface area (TPSA) is 98.3 Å². The van der Waals surface area contributed by atoms with Crippen LogP contribution in [0.4, 0.5) is 0 Å². The molecule has 0 unspecified atom stereocenters. The van der Waals surface area contributed by atoms with Crippen LogP contribution in [0.25, 0.3) is 21.3 Å². The molecule has 4 aromatic rings. The third kappa shape index (κ3) is 5.18. The van der Waals surface area contributed by atoms with E-state index < -0.39 is 5.91 Å². The number of nitrogens with two attached hydrogens (primary N) is 1. The molecular weight excluding hydrogens is 436 g/mol. The van der Waals surface area contributed by atoms with Crippen LogP contribution in [0.15, 0.2) is 71.1 Å². The van der Waals surface area contributed by atoms with Crippen molar-refractivity contribution < 1.29 is 9.59 Å². The first-order valence-corrected chi connectivity index (χ1v) is 11.4. The lowest BCUT2D eigenvalue weighted by molar-refractivity contribution is -0.133. The molecule has 2 heterocycles. The molecule has 2 N–H and O–H groups in total. The van der Waals surface area contributed by atoms with E-state index in [1.165, 1.54) is 22.2 Å². The Morgan fingerprint density at radius 2 is 1.82 bits per heavy atom. The van der Waals surface area contributed by atoms with Crippen LogP contribution in [0.1, 0.15) is 17.5 Å². The number of fused-ring (bicyclic) bond motifs is 1. The lowest BCUT2D eigenvalue weighted by atomic mass is 10.1. The van der Waals surface area contributed by atoms with Crippen LogP contribution in [0, 0.1) is 6.92 Å². The molecule has 0 atom stereocenters. The number of amides is 2. The average Bonchev–Trinajstić information content (AvgIpc) is 3.24. The third-order valence-electron chi connectivity index (χ3n) is 5.43.